The van der Waals surface area contributed by atoms with Crippen molar-refractivity contribution < 1.29 is 10.2 Å². The predicted octanol–water partition coefficient (Wildman–Crippen LogP) is 2.79. The summed E-state index contributed by atoms with van der Waals surface area (Å²) in [5.74, 6) is 1.04. The first kappa shape index (κ1) is 15.9. The number of hydrogen-bond acceptors (Lipinski definition) is 3. The van der Waals surface area contributed by atoms with E-state index >= 15 is 0 Å². The molecule has 3 unspecified atom stereocenters. The molecule has 7 atom stereocenters. The molecule has 0 aliphatic heterocycles. The van der Waals surface area contributed by atoms with Crippen molar-refractivity contribution in [2.75, 3.05) is 7.05 Å². The Morgan fingerprint density at radius 2 is 1.91 bits per heavy atom. The lowest BCUT2D eigenvalue weighted by atomic mass is 9.49. The van der Waals surface area contributed by atoms with Crippen LogP contribution in [0, 0.1) is 22.7 Å². The third-order valence-electron chi connectivity index (χ3n) is 7.83. The maximum absolute atomic E-state index is 10.6. The van der Waals surface area contributed by atoms with E-state index in [0.717, 1.165) is 38.5 Å². The molecule has 4 rings (SSSR count). The number of allylic oxidation sites excluding steroid dienone is 2. The van der Waals surface area contributed by atoms with Crippen LogP contribution in [0.25, 0.3) is 0 Å². The maximum Gasteiger partial charge on any atom is 0.0600 e. The lowest BCUT2D eigenvalue weighted by molar-refractivity contribution is -0.0139. The van der Waals surface area contributed by atoms with Gasteiger partial charge in [0.15, 0.2) is 0 Å². The van der Waals surface area contributed by atoms with Crippen molar-refractivity contribution in [2.45, 2.75) is 70.6 Å². The van der Waals surface area contributed by atoms with Gasteiger partial charge in [-0.15, -0.1) is 0 Å². The van der Waals surface area contributed by atoms with Gasteiger partial charge in [0.1, 0.15) is 0 Å². The average molecular weight is 317 g/mol. The van der Waals surface area contributed by atoms with Gasteiger partial charge in [0.2, 0.25) is 0 Å². The first-order valence-corrected chi connectivity index (χ1v) is 9.34. The normalized spacial score (nSPS) is 52.1. The molecule has 0 spiro atoms. The van der Waals surface area contributed by atoms with Gasteiger partial charge >= 0.3 is 0 Å². The fourth-order valence-corrected chi connectivity index (χ4v) is 6.41. The van der Waals surface area contributed by atoms with E-state index < -0.39 is 0 Å². The fourth-order valence-electron chi connectivity index (χ4n) is 6.41. The summed E-state index contributed by atoms with van der Waals surface area (Å²) in [6.45, 7) is 4.71. The van der Waals surface area contributed by atoms with Crippen LogP contribution in [0.5, 0.6) is 0 Å². The largest absolute Gasteiger partial charge is 0.393 e. The Hall–Kier alpha value is -0.640. The van der Waals surface area contributed by atoms with Crippen LogP contribution in [0.2, 0.25) is 0 Å². The van der Waals surface area contributed by atoms with E-state index in [1.54, 1.807) is 5.57 Å². The highest BCUT2D eigenvalue weighted by Gasteiger charge is 2.59. The highest BCUT2D eigenvalue weighted by atomic mass is 16.3. The molecule has 0 saturated heterocycles. The Labute approximate surface area is 139 Å². The zero-order valence-electron chi connectivity index (χ0n) is 14.7. The highest BCUT2D eigenvalue weighted by Crippen LogP contribution is 2.63. The molecular weight excluding hydrogens is 286 g/mol. The van der Waals surface area contributed by atoms with Gasteiger partial charge in [-0.25, -0.2) is 0 Å². The molecule has 0 aromatic heterocycles. The van der Waals surface area contributed by atoms with Crippen LogP contribution in [-0.2, 0) is 0 Å². The third kappa shape index (κ3) is 2.06. The van der Waals surface area contributed by atoms with Gasteiger partial charge in [0.25, 0.3) is 0 Å². The summed E-state index contributed by atoms with van der Waals surface area (Å²) < 4.78 is 0. The summed E-state index contributed by atoms with van der Waals surface area (Å²) in [6.07, 6.45) is 10.3. The fraction of sp³-hybridized carbons (Fsp3) is 0.800. The molecule has 0 amide bonds. The van der Waals surface area contributed by atoms with Crippen LogP contribution >= 0.6 is 0 Å². The van der Waals surface area contributed by atoms with Crippen LogP contribution in [0.15, 0.2) is 23.3 Å². The molecule has 3 nitrogen and oxygen atoms in total. The smallest absolute Gasteiger partial charge is 0.0600 e. The van der Waals surface area contributed by atoms with E-state index in [1.165, 1.54) is 5.57 Å². The molecule has 0 heterocycles. The number of hydrogen-bond donors (Lipinski definition) is 3. The molecule has 3 heteroatoms. The number of rotatable bonds is 1. The van der Waals surface area contributed by atoms with E-state index in [2.05, 4.69) is 38.4 Å². The molecule has 0 aromatic rings. The molecular formula is C20H31NO2. The second-order valence-corrected chi connectivity index (χ2v) is 8.90. The number of nitrogens with one attached hydrogen (secondary N) is 1. The summed E-state index contributed by atoms with van der Waals surface area (Å²) in [7, 11) is 2.08. The molecule has 4 aliphatic carbocycles. The molecule has 128 valence electrons. The van der Waals surface area contributed by atoms with Gasteiger partial charge in [0.05, 0.1) is 12.2 Å². The summed E-state index contributed by atoms with van der Waals surface area (Å²) in [5.41, 5.74) is 3.20. The molecule has 3 saturated carbocycles. The van der Waals surface area contributed by atoms with Crippen molar-refractivity contribution in [2.24, 2.45) is 22.7 Å². The third-order valence-corrected chi connectivity index (χ3v) is 7.83. The van der Waals surface area contributed by atoms with Gasteiger partial charge in [0, 0.05) is 17.4 Å². The van der Waals surface area contributed by atoms with E-state index in [0.29, 0.717) is 17.9 Å². The monoisotopic (exact) mass is 317 g/mol. The molecule has 0 radical (unpaired) electrons. The number of aliphatic hydroxyl groups is 2. The van der Waals surface area contributed by atoms with Gasteiger partial charge < -0.3 is 15.5 Å². The van der Waals surface area contributed by atoms with Crippen LogP contribution in [0.4, 0.5) is 0 Å². The van der Waals surface area contributed by atoms with Crippen LogP contribution < -0.4 is 5.32 Å². The summed E-state index contributed by atoms with van der Waals surface area (Å²) in [4.78, 5) is 0. The second kappa shape index (κ2) is 5.18. The van der Waals surface area contributed by atoms with Crippen LogP contribution in [0.3, 0.4) is 0 Å². The van der Waals surface area contributed by atoms with Crippen LogP contribution in [0.1, 0.15) is 52.4 Å². The van der Waals surface area contributed by atoms with Gasteiger partial charge in [-0.2, -0.15) is 0 Å². The van der Waals surface area contributed by atoms with Crippen LogP contribution in [-0.4, -0.2) is 35.5 Å². The Kier molecular flexibility index (Phi) is 3.57. The topological polar surface area (TPSA) is 52.5 Å². The molecule has 3 fully saturated rings. The Morgan fingerprint density at radius 3 is 2.65 bits per heavy atom. The Bertz CT molecular complexity index is 568. The summed E-state index contributed by atoms with van der Waals surface area (Å²) >= 11 is 0. The lowest BCUT2D eigenvalue weighted by Gasteiger charge is -2.57. The molecule has 0 aromatic carbocycles. The van der Waals surface area contributed by atoms with E-state index in [9.17, 15) is 10.2 Å². The Morgan fingerprint density at radius 1 is 1.13 bits per heavy atom. The maximum atomic E-state index is 10.6. The SMILES string of the molecule is CNC1C[C@]2(C)C(O)CC[C@H]2C2=CC=C3CC(O)CC[C@]3(C)[C@@H]21. The van der Waals surface area contributed by atoms with Crippen molar-refractivity contribution in [1.82, 2.24) is 5.32 Å². The van der Waals surface area contributed by atoms with E-state index in [1.807, 2.05) is 0 Å². The molecule has 4 aliphatic rings. The first-order chi connectivity index (χ1) is 10.9. The van der Waals surface area contributed by atoms with Gasteiger partial charge in [-0.05, 0) is 56.9 Å². The van der Waals surface area contributed by atoms with Crippen molar-refractivity contribution in [3.8, 4) is 0 Å². The van der Waals surface area contributed by atoms with Crippen molar-refractivity contribution in [1.29, 1.82) is 0 Å². The minimum atomic E-state index is -0.170. The van der Waals surface area contributed by atoms with E-state index in [4.69, 9.17) is 0 Å². The highest BCUT2D eigenvalue weighted by molar-refractivity contribution is 5.40. The van der Waals surface area contributed by atoms with Crippen molar-refractivity contribution in [3.63, 3.8) is 0 Å². The van der Waals surface area contributed by atoms with E-state index in [-0.39, 0.29) is 23.0 Å². The predicted molar refractivity (Wildman–Crippen MR) is 91.9 cm³/mol. The zero-order chi connectivity index (χ0) is 16.4. The van der Waals surface area contributed by atoms with Gasteiger partial charge in [-0.1, -0.05) is 37.1 Å². The minimum absolute atomic E-state index is 0.0197. The standard InChI is InChI=1S/C20H31NO2/c1-19-9-8-13(22)10-12(19)4-5-14-15-6-7-17(23)20(15,2)11-16(21-3)18(14)19/h4-5,13,15-18,21-23H,6-11H2,1-3H3/t13?,15-,16?,17?,18-,19-,20-/m0/s1. The quantitative estimate of drug-likeness (QED) is 0.697. The average Bonchev–Trinajstić information content (AvgIpc) is 2.82. The lowest BCUT2D eigenvalue weighted by Crippen LogP contribution is -2.56. The summed E-state index contributed by atoms with van der Waals surface area (Å²) in [6, 6.07) is 0.416. The Balaban J connectivity index is 1.80. The minimum Gasteiger partial charge on any atom is -0.393 e. The first-order valence-electron chi connectivity index (χ1n) is 9.34. The molecule has 3 N–H and O–H groups in total. The molecule has 0 bridgehead atoms. The van der Waals surface area contributed by atoms with Gasteiger partial charge in [-0.3, -0.25) is 0 Å². The van der Waals surface area contributed by atoms with Crippen molar-refractivity contribution in [3.05, 3.63) is 23.3 Å². The summed E-state index contributed by atoms with van der Waals surface area (Å²) in [5, 5.41) is 24.3. The molecule has 23 heavy (non-hydrogen) atoms. The van der Waals surface area contributed by atoms with Crippen molar-refractivity contribution >= 4 is 0 Å². The zero-order valence-corrected chi connectivity index (χ0v) is 14.7. The number of aliphatic hydroxyl groups excluding tert-OH is 2. The second-order valence-electron chi connectivity index (χ2n) is 8.90. The number of fused-ring (bicyclic) bond motifs is 5.